The maximum absolute atomic E-state index is 5.74. The smallest absolute Gasteiger partial charge is 0.157 e. The van der Waals surface area contributed by atoms with Crippen molar-refractivity contribution in [2.75, 3.05) is 6.54 Å². The molecule has 4 nitrogen and oxygen atoms in total. The Morgan fingerprint density at radius 2 is 2.14 bits per heavy atom. The summed E-state index contributed by atoms with van der Waals surface area (Å²) in [5.74, 6) is 1.82. The molecule has 0 aliphatic heterocycles. The van der Waals surface area contributed by atoms with E-state index in [4.69, 9.17) is 5.73 Å². The average molecular weight is 196 g/mol. The molecule has 1 atom stereocenters. The van der Waals surface area contributed by atoms with Gasteiger partial charge in [-0.2, -0.15) is 5.10 Å². The Hall–Kier alpha value is -0.900. The fourth-order valence-corrected chi connectivity index (χ4v) is 1.31. The van der Waals surface area contributed by atoms with Crippen LogP contribution in [-0.4, -0.2) is 21.7 Å². The fraction of sp³-hybridized carbons (Fsp3) is 0.800. The number of nitrogens with zero attached hydrogens (tertiary/aromatic N) is 2. The lowest BCUT2D eigenvalue weighted by Gasteiger charge is -2.21. The van der Waals surface area contributed by atoms with Crippen LogP contribution in [-0.2, 0) is 11.8 Å². The molecular weight excluding hydrogens is 176 g/mol. The summed E-state index contributed by atoms with van der Waals surface area (Å²) in [5, 5.41) is 7.20. The molecule has 1 aromatic rings. The second-order valence-corrected chi connectivity index (χ2v) is 3.97. The number of H-pyrrole nitrogens is 1. The number of nitrogens with one attached hydrogen (secondary N) is 1. The van der Waals surface area contributed by atoms with Gasteiger partial charge in [-0.25, -0.2) is 4.98 Å². The molecule has 0 aliphatic rings. The number of rotatable bonds is 5. The number of hydrogen-bond acceptors (Lipinski definition) is 3. The molecule has 0 saturated heterocycles. The summed E-state index contributed by atoms with van der Waals surface area (Å²) in [5.41, 5.74) is 5.66. The van der Waals surface area contributed by atoms with Crippen molar-refractivity contribution in [3.63, 3.8) is 0 Å². The second-order valence-electron chi connectivity index (χ2n) is 3.97. The lowest BCUT2D eigenvalue weighted by atomic mass is 9.87. The Balaban J connectivity index is 2.84. The van der Waals surface area contributed by atoms with E-state index < -0.39 is 0 Å². The van der Waals surface area contributed by atoms with Gasteiger partial charge in [0, 0.05) is 18.4 Å². The SMILES string of the molecule is CCCc1nc(C(C)(CC)CN)n[nH]1. The van der Waals surface area contributed by atoms with E-state index in [-0.39, 0.29) is 5.41 Å². The fourth-order valence-electron chi connectivity index (χ4n) is 1.31. The summed E-state index contributed by atoms with van der Waals surface area (Å²) in [7, 11) is 0. The number of hydrogen-bond donors (Lipinski definition) is 2. The molecular formula is C10H20N4. The summed E-state index contributed by atoms with van der Waals surface area (Å²) in [6, 6.07) is 0. The van der Waals surface area contributed by atoms with Gasteiger partial charge in [0.15, 0.2) is 5.82 Å². The zero-order chi connectivity index (χ0) is 10.6. The third-order valence-corrected chi connectivity index (χ3v) is 2.79. The molecule has 0 radical (unpaired) electrons. The Kier molecular flexibility index (Phi) is 3.63. The van der Waals surface area contributed by atoms with Crippen LogP contribution >= 0.6 is 0 Å². The van der Waals surface area contributed by atoms with Gasteiger partial charge >= 0.3 is 0 Å². The average Bonchev–Trinajstić information content (AvgIpc) is 2.66. The van der Waals surface area contributed by atoms with Gasteiger partial charge in [0.2, 0.25) is 0 Å². The van der Waals surface area contributed by atoms with Gasteiger partial charge in [0.05, 0.1) is 0 Å². The molecule has 80 valence electrons. The first-order chi connectivity index (χ1) is 6.66. The maximum Gasteiger partial charge on any atom is 0.157 e. The van der Waals surface area contributed by atoms with Gasteiger partial charge in [-0.15, -0.1) is 0 Å². The van der Waals surface area contributed by atoms with Gasteiger partial charge < -0.3 is 5.73 Å². The van der Waals surface area contributed by atoms with Crippen molar-refractivity contribution in [1.82, 2.24) is 15.2 Å². The minimum absolute atomic E-state index is 0.0809. The van der Waals surface area contributed by atoms with Crippen LogP contribution < -0.4 is 5.73 Å². The highest BCUT2D eigenvalue weighted by molar-refractivity contribution is 5.06. The normalized spacial score (nSPS) is 15.4. The van der Waals surface area contributed by atoms with Crippen molar-refractivity contribution in [1.29, 1.82) is 0 Å². The summed E-state index contributed by atoms with van der Waals surface area (Å²) < 4.78 is 0. The van der Waals surface area contributed by atoms with Gasteiger partial charge in [-0.3, -0.25) is 5.10 Å². The maximum atomic E-state index is 5.74. The molecule has 0 aliphatic carbocycles. The van der Waals surface area contributed by atoms with Crippen LogP contribution in [0.1, 0.15) is 45.3 Å². The summed E-state index contributed by atoms with van der Waals surface area (Å²) >= 11 is 0. The van der Waals surface area contributed by atoms with Gasteiger partial charge in [0.25, 0.3) is 0 Å². The van der Waals surface area contributed by atoms with E-state index in [1.165, 1.54) is 0 Å². The molecule has 0 aromatic carbocycles. The molecule has 1 rings (SSSR count). The Bertz CT molecular complexity index is 275. The zero-order valence-electron chi connectivity index (χ0n) is 9.30. The Labute approximate surface area is 85.3 Å². The van der Waals surface area contributed by atoms with Crippen molar-refractivity contribution in [3.8, 4) is 0 Å². The minimum Gasteiger partial charge on any atom is -0.329 e. The van der Waals surface area contributed by atoms with Crippen molar-refractivity contribution < 1.29 is 0 Å². The third kappa shape index (κ3) is 2.12. The molecule has 0 amide bonds. The van der Waals surface area contributed by atoms with E-state index in [2.05, 4.69) is 36.0 Å². The molecule has 0 spiro atoms. The highest BCUT2D eigenvalue weighted by Crippen LogP contribution is 2.22. The van der Waals surface area contributed by atoms with Crippen molar-refractivity contribution in [3.05, 3.63) is 11.6 Å². The van der Waals surface area contributed by atoms with E-state index in [9.17, 15) is 0 Å². The Morgan fingerprint density at radius 3 is 2.64 bits per heavy atom. The first-order valence-corrected chi connectivity index (χ1v) is 5.28. The van der Waals surface area contributed by atoms with Gasteiger partial charge in [-0.05, 0) is 12.8 Å². The van der Waals surface area contributed by atoms with Gasteiger partial charge in [-0.1, -0.05) is 20.8 Å². The van der Waals surface area contributed by atoms with Crippen LogP contribution in [0.3, 0.4) is 0 Å². The number of aromatic nitrogens is 3. The van der Waals surface area contributed by atoms with Crippen molar-refractivity contribution >= 4 is 0 Å². The summed E-state index contributed by atoms with van der Waals surface area (Å²) in [4.78, 5) is 4.47. The number of aromatic amines is 1. The van der Waals surface area contributed by atoms with Crippen LogP contribution in [0.15, 0.2) is 0 Å². The molecule has 1 heterocycles. The van der Waals surface area contributed by atoms with E-state index >= 15 is 0 Å². The monoisotopic (exact) mass is 196 g/mol. The second kappa shape index (κ2) is 4.55. The van der Waals surface area contributed by atoms with Crippen LogP contribution in [0.5, 0.6) is 0 Å². The lowest BCUT2D eigenvalue weighted by molar-refractivity contribution is 0.439. The van der Waals surface area contributed by atoms with Crippen molar-refractivity contribution in [2.45, 2.75) is 45.4 Å². The summed E-state index contributed by atoms with van der Waals surface area (Å²) in [6.07, 6.45) is 3.00. The standard InChI is InChI=1S/C10H20N4/c1-4-6-8-12-9(14-13-8)10(3,5-2)7-11/h4-7,11H2,1-3H3,(H,12,13,14). The first kappa shape index (κ1) is 11.2. The predicted molar refractivity (Wildman–Crippen MR) is 57.1 cm³/mol. The predicted octanol–water partition coefficient (Wildman–Crippen LogP) is 1.38. The molecule has 3 N–H and O–H groups in total. The minimum atomic E-state index is -0.0809. The molecule has 0 saturated carbocycles. The highest BCUT2D eigenvalue weighted by atomic mass is 15.2. The van der Waals surface area contributed by atoms with Crippen LogP contribution in [0, 0.1) is 0 Å². The topological polar surface area (TPSA) is 67.6 Å². The first-order valence-electron chi connectivity index (χ1n) is 5.28. The molecule has 0 bridgehead atoms. The Morgan fingerprint density at radius 1 is 1.43 bits per heavy atom. The van der Waals surface area contributed by atoms with E-state index in [0.29, 0.717) is 6.54 Å². The quantitative estimate of drug-likeness (QED) is 0.747. The highest BCUT2D eigenvalue weighted by Gasteiger charge is 2.27. The lowest BCUT2D eigenvalue weighted by Crippen LogP contribution is -2.32. The van der Waals surface area contributed by atoms with Gasteiger partial charge in [0.1, 0.15) is 5.82 Å². The van der Waals surface area contributed by atoms with Crippen LogP contribution in [0.2, 0.25) is 0 Å². The molecule has 1 aromatic heterocycles. The zero-order valence-corrected chi connectivity index (χ0v) is 9.30. The molecule has 0 fully saturated rings. The van der Waals surface area contributed by atoms with E-state index in [1.807, 2.05) is 0 Å². The van der Waals surface area contributed by atoms with Crippen LogP contribution in [0.4, 0.5) is 0 Å². The molecule has 1 unspecified atom stereocenters. The van der Waals surface area contributed by atoms with Crippen molar-refractivity contribution in [2.24, 2.45) is 5.73 Å². The molecule has 14 heavy (non-hydrogen) atoms. The van der Waals surface area contributed by atoms with E-state index in [0.717, 1.165) is 30.9 Å². The largest absolute Gasteiger partial charge is 0.329 e. The molecule has 4 heteroatoms. The number of nitrogens with two attached hydrogens (primary N) is 1. The third-order valence-electron chi connectivity index (χ3n) is 2.79. The summed E-state index contributed by atoms with van der Waals surface area (Å²) in [6.45, 7) is 6.94. The van der Waals surface area contributed by atoms with Crippen LogP contribution in [0.25, 0.3) is 0 Å². The van der Waals surface area contributed by atoms with E-state index in [1.54, 1.807) is 0 Å². The number of aryl methyl sites for hydroxylation is 1.